The van der Waals surface area contributed by atoms with Crippen molar-refractivity contribution in [3.05, 3.63) is 29.8 Å². The molecule has 0 radical (unpaired) electrons. The first-order valence-corrected chi connectivity index (χ1v) is 9.00. The summed E-state index contributed by atoms with van der Waals surface area (Å²) in [6.07, 6.45) is 4.36. The highest BCUT2D eigenvalue weighted by Crippen LogP contribution is 2.23. The lowest BCUT2D eigenvalue weighted by atomic mass is 9.96. The number of benzene rings is 1. The molecule has 0 unspecified atom stereocenters. The maximum Gasteiger partial charge on any atom is 0.255 e. The SMILES string of the molecule is CSc1ccccc1C(=O)N(CC1CCNCC1)C(C)C. The molecule has 21 heavy (non-hydrogen) atoms. The van der Waals surface area contributed by atoms with Crippen LogP contribution in [0.5, 0.6) is 0 Å². The van der Waals surface area contributed by atoms with E-state index in [0.29, 0.717) is 5.92 Å². The zero-order chi connectivity index (χ0) is 15.2. The summed E-state index contributed by atoms with van der Waals surface area (Å²) in [6.45, 7) is 7.25. The van der Waals surface area contributed by atoms with Crippen molar-refractivity contribution in [3.63, 3.8) is 0 Å². The number of rotatable bonds is 5. The van der Waals surface area contributed by atoms with Gasteiger partial charge in [0.05, 0.1) is 5.56 Å². The quantitative estimate of drug-likeness (QED) is 0.848. The standard InChI is InChI=1S/C17H26N2OS/c1-13(2)19(12-14-8-10-18-11-9-14)17(20)15-6-4-5-7-16(15)21-3/h4-7,13-14,18H,8-12H2,1-3H3. The number of piperidine rings is 1. The van der Waals surface area contributed by atoms with E-state index < -0.39 is 0 Å². The summed E-state index contributed by atoms with van der Waals surface area (Å²) >= 11 is 1.64. The lowest BCUT2D eigenvalue weighted by molar-refractivity contribution is 0.0654. The molecule has 1 aromatic carbocycles. The van der Waals surface area contributed by atoms with Gasteiger partial charge in [-0.05, 0) is 64.1 Å². The van der Waals surface area contributed by atoms with Crippen LogP contribution in [0.4, 0.5) is 0 Å². The van der Waals surface area contributed by atoms with Crippen LogP contribution in [0, 0.1) is 5.92 Å². The van der Waals surface area contributed by atoms with Crippen molar-refractivity contribution >= 4 is 17.7 Å². The van der Waals surface area contributed by atoms with E-state index in [2.05, 4.69) is 19.2 Å². The van der Waals surface area contributed by atoms with Crippen LogP contribution < -0.4 is 5.32 Å². The fourth-order valence-corrected chi connectivity index (χ4v) is 3.44. The Morgan fingerprint density at radius 3 is 2.62 bits per heavy atom. The highest BCUT2D eigenvalue weighted by atomic mass is 32.2. The van der Waals surface area contributed by atoms with Crippen molar-refractivity contribution in [1.82, 2.24) is 10.2 Å². The number of nitrogens with zero attached hydrogens (tertiary/aromatic N) is 1. The summed E-state index contributed by atoms with van der Waals surface area (Å²) in [7, 11) is 0. The normalized spacial score (nSPS) is 16.2. The van der Waals surface area contributed by atoms with Crippen LogP contribution in [0.2, 0.25) is 0 Å². The van der Waals surface area contributed by atoms with Crippen molar-refractivity contribution in [3.8, 4) is 0 Å². The maximum atomic E-state index is 12.9. The minimum absolute atomic E-state index is 0.175. The van der Waals surface area contributed by atoms with Gasteiger partial charge in [0.2, 0.25) is 0 Å². The minimum Gasteiger partial charge on any atom is -0.336 e. The molecule has 0 saturated carbocycles. The lowest BCUT2D eigenvalue weighted by Gasteiger charge is -2.33. The van der Waals surface area contributed by atoms with Crippen LogP contribution in [0.3, 0.4) is 0 Å². The number of carbonyl (C=O) groups excluding carboxylic acids is 1. The first-order valence-electron chi connectivity index (χ1n) is 7.78. The predicted octanol–water partition coefficient (Wildman–Crippen LogP) is 3.26. The Kier molecular flexibility index (Phi) is 6.12. The summed E-state index contributed by atoms with van der Waals surface area (Å²) in [5.74, 6) is 0.799. The Balaban J connectivity index is 2.14. The maximum absolute atomic E-state index is 12.9. The molecule has 0 spiro atoms. The van der Waals surface area contributed by atoms with Crippen molar-refractivity contribution in [2.45, 2.75) is 37.6 Å². The number of amides is 1. The van der Waals surface area contributed by atoms with Crippen LogP contribution in [0.25, 0.3) is 0 Å². The van der Waals surface area contributed by atoms with E-state index in [1.165, 1.54) is 12.8 Å². The van der Waals surface area contributed by atoms with E-state index >= 15 is 0 Å². The molecule has 1 saturated heterocycles. The predicted molar refractivity (Wildman–Crippen MR) is 90.0 cm³/mol. The molecule has 1 aromatic rings. The third-order valence-electron chi connectivity index (χ3n) is 4.14. The Morgan fingerprint density at radius 1 is 1.33 bits per heavy atom. The summed E-state index contributed by atoms with van der Waals surface area (Å²) in [5.41, 5.74) is 0.840. The van der Waals surface area contributed by atoms with Gasteiger partial charge in [0, 0.05) is 17.5 Å². The smallest absolute Gasteiger partial charge is 0.255 e. The van der Waals surface area contributed by atoms with Gasteiger partial charge in [-0.25, -0.2) is 0 Å². The monoisotopic (exact) mass is 306 g/mol. The first kappa shape index (κ1) is 16.4. The Hall–Kier alpha value is -1.00. The number of nitrogens with one attached hydrogen (secondary N) is 1. The molecule has 1 amide bonds. The molecule has 116 valence electrons. The second kappa shape index (κ2) is 7.85. The van der Waals surface area contributed by atoms with E-state index in [0.717, 1.165) is 30.1 Å². The van der Waals surface area contributed by atoms with Crippen LogP contribution in [-0.2, 0) is 0 Å². The molecule has 1 N–H and O–H groups in total. The minimum atomic E-state index is 0.175. The third kappa shape index (κ3) is 4.24. The van der Waals surface area contributed by atoms with E-state index in [-0.39, 0.29) is 11.9 Å². The van der Waals surface area contributed by atoms with Crippen molar-refractivity contribution in [2.75, 3.05) is 25.9 Å². The Bertz CT molecular complexity index is 470. The molecule has 3 nitrogen and oxygen atoms in total. The second-order valence-corrected chi connectivity index (χ2v) is 6.79. The van der Waals surface area contributed by atoms with E-state index in [4.69, 9.17) is 0 Å². The zero-order valence-corrected chi connectivity index (χ0v) is 14.1. The average Bonchev–Trinajstić information content (AvgIpc) is 2.52. The van der Waals surface area contributed by atoms with Crippen LogP contribution in [0.15, 0.2) is 29.2 Å². The van der Waals surface area contributed by atoms with E-state index in [1.54, 1.807) is 11.8 Å². The molecular weight excluding hydrogens is 280 g/mol. The number of carbonyl (C=O) groups is 1. The Labute approximate surface area is 132 Å². The number of thioether (sulfide) groups is 1. The molecular formula is C17H26N2OS. The topological polar surface area (TPSA) is 32.3 Å². The fourth-order valence-electron chi connectivity index (χ4n) is 2.85. The second-order valence-electron chi connectivity index (χ2n) is 5.94. The molecule has 1 aliphatic heterocycles. The molecule has 4 heteroatoms. The summed E-state index contributed by atoms with van der Waals surface area (Å²) in [6, 6.07) is 8.17. The van der Waals surface area contributed by atoms with Crippen LogP contribution in [-0.4, -0.2) is 42.7 Å². The molecule has 0 bridgehead atoms. The van der Waals surface area contributed by atoms with Gasteiger partial charge in [-0.3, -0.25) is 4.79 Å². The fraction of sp³-hybridized carbons (Fsp3) is 0.588. The van der Waals surface area contributed by atoms with Gasteiger partial charge >= 0.3 is 0 Å². The molecule has 0 atom stereocenters. The van der Waals surface area contributed by atoms with E-state index in [1.807, 2.05) is 35.4 Å². The van der Waals surface area contributed by atoms with Gasteiger partial charge < -0.3 is 10.2 Å². The van der Waals surface area contributed by atoms with Gasteiger partial charge in [-0.1, -0.05) is 12.1 Å². The van der Waals surface area contributed by atoms with Gasteiger partial charge in [-0.2, -0.15) is 0 Å². The molecule has 1 fully saturated rings. The molecule has 2 rings (SSSR count). The first-order chi connectivity index (χ1) is 10.1. The molecule has 0 aromatic heterocycles. The highest BCUT2D eigenvalue weighted by molar-refractivity contribution is 7.98. The van der Waals surface area contributed by atoms with Crippen molar-refractivity contribution < 1.29 is 4.79 Å². The largest absolute Gasteiger partial charge is 0.336 e. The third-order valence-corrected chi connectivity index (χ3v) is 4.93. The van der Waals surface area contributed by atoms with Crippen molar-refractivity contribution in [2.24, 2.45) is 5.92 Å². The number of hydrogen-bond acceptors (Lipinski definition) is 3. The van der Waals surface area contributed by atoms with E-state index in [9.17, 15) is 4.79 Å². The molecule has 0 aliphatic carbocycles. The zero-order valence-electron chi connectivity index (χ0n) is 13.3. The molecule has 1 heterocycles. The highest BCUT2D eigenvalue weighted by Gasteiger charge is 2.25. The van der Waals surface area contributed by atoms with Crippen molar-refractivity contribution in [1.29, 1.82) is 0 Å². The van der Waals surface area contributed by atoms with Crippen LogP contribution >= 0.6 is 11.8 Å². The van der Waals surface area contributed by atoms with Gasteiger partial charge in [0.1, 0.15) is 0 Å². The van der Waals surface area contributed by atoms with Gasteiger partial charge in [-0.15, -0.1) is 11.8 Å². The van der Waals surface area contributed by atoms with Crippen LogP contribution in [0.1, 0.15) is 37.0 Å². The lowest BCUT2D eigenvalue weighted by Crippen LogP contribution is -2.43. The van der Waals surface area contributed by atoms with Gasteiger partial charge in [0.15, 0.2) is 0 Å². The van der Waals surface area contributed by atoms with Gasteiger partial charge in [0.25, 0.3) is 5.91 Å². The number of hydrogen-bond donors (Lipinski definition) is 1. The summed E-state index contributed by atoms with van der Waals surface area (Å²) in [5, 5.41) is 3.39. The molecule has 1 aliphatic rings. The summed E-state index contributed by atoms with van der Waals surface area (Å²) in [4.78, 5) is 16.1. The Morgan fingerprint density at radius 2 is 2.00 bits per heavy atom. The summed E-state index contributed by atoms with van der Waals surface area (Å²) < 4.78 is 0. The average molecular weight is 306 g/mol.